The van der Waals surface area contributed by atoms with E-state index in [0.717, 1.165) is 25.3 Å². The minimum atomic E-state index is 0.00307. The normalized spacial score (nSPS) is 29.5. The van der Waals surface area contributed by atoms with Gasteiger partial charge in [-0.1, -0.05) is 32.1 Å². The van der Waals surface area contributed by atoms with Crippen LogP contribution in [0.1, 0.15) is 57.4 Å². The van der Waals surface area contributed by atoms with Crippen molar-refractivity contribution in [3.8, 4) is 0 Å². The van der Waals surface area contributed by atoms with Crippen LogP contribution in [0.2, 0.25) is 0 Å². The van der Waals surface area contributed by atoms with Gasteiger partial charge in [0.05, 0.1) is 6.04 Å². The molecule has 0 spiro atoms. The van der Waals surface area contributed by atoms with E-state index < -0.39 is 0 Å². The fourth-order valence-corrected chi connectivity index (χ4v) is 3.75. The minimum Gasteiger partial charge on any atom is -0.384 e. The van der Waals surface area contributed by atoms with Crippen molar-refractivity contribution in [2.75, 3.05) is 6.54 Å². The zero-order valence-electron chi connectivity index (χ0n) is 11.5. The number of hydrogen-bond donors (Lipinski definition) is 1. The number of rotatable bonds is 3. The van der Waals surface area contributed by atoms with Gasteiger partial charge in [-0.2, -0.15) is 4.74 Å². The SMILES string of the molecule is O=c1ccon1[C@@H]1CCN[C@H](CC2CCCCC2)C1. The van der Waals surface area contributed by atoms with Crippen LogP contribution in [-0.4, -0.2) is 17.3 Å². The summed E-state index contributed by atoms with van der Waals surface area (Å²) in [6.07, 6.45) is 11.8. The van der Waals surface area contributed by atoms with Crippen molar-refractivity contribution < 1.29 is 4.52 Å². The molecule has 2 aliphatic rings. The first-order valence-electron chi connectivity index (χ1n) is 7.73. The molecular formula is C15H24N2O2. The van der Waals surface area contributed by atoms with Gasteiger partial charge in [-0.15, -0.1) is 0 Å². The summed E-state index contributed by atoms with van der Waals surface area (Å²) < 4.78 is 6.88. The highest BCUT2D eigenvalue weighted by molar-refractivity contribution is 4.86. The average Bonchev–Trinajstić information content (AvgIpc) is 2.86. The molecule has 19 heavy (non-hydrogen) atoms. The summed E-state index contributed by atoms with van der Waals surface area (Å²) in [5.41, 5.74) is 0.00307. The van der Waals surface area contributed by atoms with E-state index in [1.54, 1.807) is 4.74 Å². The second kappa shape index (κ2) is 5.95. The number of piperidine rings is 1. The van der Waals surface area contributed by atoms with Crippen molar-refractivity contribution in [3.05, 3.63) is 22.7 Å². The second-order valence-corrected chi connectivity index (χ2v) is 6.14. The molecule has 0 bridgehead atoms. The van der Waals surface area contributed by atoms with Crippen molar-refractivity contribution in [1.82, 2.24) is 10.1 Å². The first-order valence-corrected chi connectivity index (χ1v) is 7.73. The molecule has 1 saturated heterocycles. The molecule has 1 aromatic heterocycles. The predicted molar refractivity (Wildman–Crippen MR) is 74.2 cm³/mol. The molecule has 2 atom stereocenters. The molecule has 0 amide bonds. The summed E-state index contributed by atoms with van der Waals surface area (Å²) in [6.45, 7) is 0.995. The van der Waals surface area contributed by atoms with Crippen molar-refractivity contribution in [1.29, 1.82) is 0 Å². The van der Waals surface area contributed by atoms with Gasteiger partial charge in [-0.25, -0.2) is 0 Å². The number of aromatic nitrogens is 1. The molecule has 4 heteroatoms. The Morgan fingerprint density at radius 3 is 2.84 bits per heavy atom. The van der Waals surface area contributed by atoms with E-state index in [0.29, 0.717) is 6.04 Å². The maximum atomic E-state index is 11.7. The third kappa shape index (κ3) is 3.11. The molecule has 3 rings (SSSR count). The van der Waals surface area contributed by atoms with Gasteiger partial charge in [0.2, 0.25) is 0 Å². The zero-order chi connectivity index (χ0) is 13.1. The van der Waals surface area contributed by atoms with Crippen molar-refractivity contribution in [3.63, 3.8) is 0 Å². The van der Waals surface area contributed by atoms with Crippen LogP contribution in [0, 0.1) is 5.92 Å². The molecule has 0 radical (unpaired) electrons. The monoisotopic (exact) mass is 264 g/mol. The van der Waals surface area contributed by atoms with Gasteiger partial charge in [-0.3, -0.25) is 4.79 Å². The number of nitrogens with zero attached hydrogens (tertiary/aromatic N) is 1. The average molecular weight is 264 g/mol. The largest absolute Gasteiger partial charge is 0.384 e. The van der Waals surface area contributed by atoms with E-state index in [1.165, 1.54) is 50.9 Å². The Balaban J connectivity index is 1.58. The van der Waals surface area contributed by atoms with Gasteiger partial charge >= 0.3 is 0 Å². The van der Waals surface area contributed by atoms with E-state index in [9.17, 15) is 4.79 Å². The standard InChI is InChI=1S/C15H24N2O2/c18-15-7-9-19-17(15)14-6-8-16-13(11-14)10-12-4-2-1-3-5-12/h7,9,12-14,16H,1-6,8,10-11H2/t13-,14-/m1/s1. The summed E-state index contributed by atoms with van der Waals surface area (Å²) in [6, 6.07) is 2.31. The summed E-state index contributed by atoms with van der Waals surface area (Å²) >= 11 is 0. The highest BCUT2D eigenvalue weighted by atomic mass is 16.5. The van der Waals surface area contributed by atoms with Crippen LogP contribution in [-0.2, 0) is 0 Å². The fraction of sp³-hybridized carbons (Fsp3) is 0.800. The van der Waals surface area contributed by atoms with Gasteiger partial charge in [0.15, 0.2) is 0 Å². The Morgan fingerprint density at radius 1 is 1.26 bits per heavy atom. The minimum absolute atomic E-state index is 0.00307. The Morgan fingerprint density at radius 2 is 2.11 bits per heavy atom. The second-order valence-electron chi connectivity index (χ2n) is 6.14. The molecule has 4 nitrogen and oxygen atoms in total. The predicted octanol–water partition coefficient (Wildman–Crippen LogP) is 2.70. The van der Waals surface area contributed by atoms with Crippen LogP contribution in [0.3, 0.4) is 0 Å². The van der Waals surface area contributed by atoms with Crippen LogP contribution in [0.4, 0.5) is 0 Å². The molecule has 106 valence electrons. The molecule has 1 aliphatic carbocycles. The summed E-state index contributed by atoms with van der Waals surface area (Å²) in [4.78, 5) is 11.7. The lowest BCUT2D eigenvalue weighted by Crippen LogP contribution is -2.41. The summed E-state index contributed by atoms with van der Waals surface area (Å²) in [5.74, 6) is 0.887. The lowest BCUT2D eigenvalue weighted by molar-refractivity contribution is 0.149. The Bertz CT molecular complexity index is 445. The van der Waals surface area contributed by atoms with Gasteiger partial charge in [0.1, 0.15) is 6.26 Å². The van der Waals surface area contributed by atoms with Crippen molar-refractivity contribution in [2.24, 2.45) is 5.92 Å². The molecule has 1 saturated carbocycles. The summed E-state index contributed by atoms with van der Waals surface area (Å²) in [5, 5.41) is 3.62. The van der Waals surface area contributed by atoms with Crippen LogP contribution in [0.25, 0.3) is 0 Å². The summed E-state index contributed by atoms with van der Waals surface area (Å²) in [7, 11) is 0. The molecule has 0 unspecified atom stereocenters. The Kier molecular flexibility index (Phi) is 4.06. The maximum Gasteiger partial charge on any atom is 0.282 e. The first-order chi connectivity index (χ1) is 9.33. The van der Waals surface area contributed by atoms with Crippen LogP contribution >= 0.6 is 0 Å². The van der Waals surface area contributed by atoms with Crippen molar-refractivity contribution >= 4 is 0 Å². The van der Waals surface area contributed by atoms with Gasteiger partial charge in [0.25, 0.3) is 5.56 Å². The third-order valence-corrected chi connectivity index (χ3v) is 4.74. The first kappa shape index (κ1) is 13.0. The highest BCUT2D eigenvalue weighted by Gasteiger charge is 2.27. The van der Waals surface area contributed by atoms with Gasteiger partial charge < -0.3 is 9.84 Å². The molecule has 2 heterocycles. The highest BCUT2D eigenvalue weighted by Crippen LogP contribution is 2.31. The lowest BCUT2D eigenvalue weighted by Gasteiger charge is -2.33. The van der Waals surface area contributed by atoms with E-state index in [4.69, 9.17) is 4.52 Å². The molecular weight excluding hydrogens is 240 g/mol. The number of nitrogens with one attached hydrogen (secondary N) is 1. The molecule has 0 aromatic carbocycles. The van der Waals surface area contributed by atoms with E-state index in [2.05, 4.69) is 5.32 Å². The van der Waals surface area contributed by atoms with Gasteiger partial charge in [0, 0.05) is 12.1 Å². The van der Waals surface area contributed by atoms with E-state index in [1.807, 2.05) is 0 Å². The Hall–Kier alpha value is -1.03. The van der Waals surface area contributed by atoms with Gasteiger partial charge in [-0.05, 0) is 31.7 Å². The quantitative estimate of drug-likeness (QED) is 0.913. The molecule has 2 fully saturated rings. The number of hydrogen-bond acceptors (Lipinski definition) is 3. The maximum absolute atomic E-state index is 11.7. The van der Waals surface area contributed by atoms with E-state index >= 15 is 0 Å². The van der Waals surface area contributed by atoms with E-state index in [-0.39, 0.29) is 11.6 Å². The molecule has 1 N–H and O–H groups in total. The fourth-order valence-electron chi connectivity index (χ4n) is 3.75. The van der Waals surface area contributed by atoms with Crippen LogP contribution in [0.5, 0.6) is 0 Å². The lowest BCUT2D eigenvalue weighted by atomic mass is 9.82. The van der Waals surface area contributed by atoms with Crippen molar-refractivity contribution in [2.45, 2.75) is 63.5 Å². The Labute approximate surface area is 114 Å². The molecule has 1 aliphatic heterocycles. The van der Waals surface area contributed by atoms with Crippen LogP contribution < -0.4 is 10.9 Å². The third-order valence-electron chi connectivity index (χ3n) is 4.74. The topological polar surface area (TPSA) is 47.2 Å². The smallest absolute Gasteiger partial charge is 0.282 e. The molecule has 1 aromatic rings. The van der Waals surface area contributed by atoms with Crippen LogP contribution in [0.15, 0.2) is 21.6 Å². The zero-order valence-corrected chi connectivity index (χ0v) is 11.5.